The molecule has 0 aliphatic heterocycles. The summed E-state index contributed by atoms with van der Waals surface area (Å²) in [7, 11) is 0. The van der Waals surface area contributed by atoms with E-state index >= 15 is 0 Å². The average molecular weight is 420 g/mol. The van der Waals surface area contributed by atoms with Crippen LogP contribution in [0.2, 0.25) is 0 Å². The lowest BCUT2D eigenvalue weighted by Crippen LogP contribution is -2.26. The first-order valence-corrected chi connectivity index (χ1v) is 9.82. The highest BCUT2D eigenvalue weighted by atomic mass is 19.1. The van der Waals surface area contributed by atoms with Crippen molar-refractivity contribution in [2.24, 2.45) is 0 Å². The van der Waals surface area contributed by atoms with E-state index in [4.69, 9.17) is 10.5 Å². The molecule has 158 valence electrons. The third-order valence-corrected chi connectivity index (χ3v) is 4.67. The number of nitrogens with zero attached hydrogens (tertiary/aromatic N) is 3. The van der Waals surface area contributed by atoms with Crippen LogP contribution in [0.1, 0.15) is 23.1 Å². The quantitative estimate of drug-likeness (QED) is 0.423. The summed E-state index contributed by atoms with van der Waals surface area (Å²) in [5.41, 5.74) is 7.97. The molecule has 0 bridgehead atoms. The van der Waals surface area contributed by atoms with Crippen LogP contribution in [-0.4, -0.2) is 39.2 Å². The minimum Gasteiger partial charge on any atom is -0.493 e. The first kappa shape index (κ1) is 20.3. The molecule has 0 atom stereocenters. The Kier molecular flexibility index (Phi) is 5.74. The molecule has 0 spiro atoms. The van der Waals surface area contributed by atoms with E-state index in [-0.39, 0.29) is 17.7 Å². The molecule has 4 N–H and O–H groups in total. The van der Waals surface area contributed by atoms with Crippen LogP contribution in [0, 0.1) is 5.82 Å². The number of rotatable bonds is 7. The molecule has 8 nitrogen and oxygen atoms in total. The van der Waals surface area contributed by atoms with Gasteiger partial charge in [-0.05, 0) is 49.4 Å². The van der Waals surface area contributed by atoms with Crippen LogP contribution in [-0.2, 0) is 6.42 Å². The zero-order valence-corrected chi connectivity index (χ0v) is 16.9. The number of ether oxygens (including phenoxy) is 1. The fraction of sp³-hybridized carbons (Fsp3) is 0.182. The van der Waals surface area contributed by atoms with Crippen molar-refractivity contribution in [1.29, 1.82) is 0 Å². The molecule has 0 radical (unpaired) electrons. The van der Waals surface area contributed by atoms with Gasteiger partial charge < -0.3 is 20.8 Å². The van der Waals surface area contributed by atoms with Crippen molar-refractivity contribution in [3.63, 3.8) is 0 Å². The number of nitrogen functional groups attached to an aromatic ring is 1. The molecule has 0 saturated heterocycles. The predicted molar refractivity (Wildman–Crippen MR) is 115 cm³/mol. The van der Waals surface area contributed by atoms with Gasteiger partial charge in [0.25, 0.3) is 5.91 Å². The van der Waals surface area contributed by atoms with Crippen LogP contribution in [0.5, 0.6) is 5.75 Å². The van der Waals surface area contributed by atoms with Gasteiger partial charge in [0.05, 0.1) is 17.8 Å². The number of nitrogens with one attached hydrogen (secondary N) is 2. The van der Waals surface area contributed by atoms with E-state index in [0.717, 1.165) is 10.9 Å². The van der Waals surface area contributed by atoms with E-state index in [9.17, 15) is 9.18 Å². The lowest BCUT2D eigenvalue weighted by atomic mass is 10.1. The summed E-state index contributed by atoms with van der Waals surface area (Å²) in [4.78, 5) is 20.1. The molecule has 2 heterocycles. The van der Waals surface area contributed by atoms with Gasteiger partial charge in [0.2, 0.25) is 5.95 Å². The number of halogens is 1. The van der Waals surface area contributed by atoms with E-state index in [1.54, 1.807) is 24.3 Å². The molecule has 0 aliphatic carbocycles. The van der Waals surface area contributed by atoms with Crippen molar-refractivity contribution < 1.29 is 13.9 Å². The smallest absolute Gasteiger partial charge is 0.251 e. The fourth-order valence-corrected chi connectivity index (χ4v) is 3.20. The number of aromatic amines is 1. The molecule has 0 unspecified atom stereocenters. The van der Waals surface area contributed by atoms with Gasteiger partial charge >= 0.3 is 0 Å². The number of hydrogen-bond donors (Lipinski definition) is 3. The first-order valence-electron chi connectivity index (χ1n) is 9.82. The minimum atomic E-state index is -0.318. The molecule has 2 aromatic carbocycles. The Labute approximate surface area is 177 Å². The third kappa shape index (κ3) is 4.61. The van der Waals surface area contributed by atoms with Crippen molar-refractivity contribution in [3.05, 3.63) is 65.7 Å². The Bertz CT molecular complexity index is 1220. The standard InChI is InChI=1S/C22H21FN6O2/c1-2-31-19-12-17(13-3-6-15(23)7-4-13)26-18-11-14(5-8-16(18)19)21(30)25-10-9-20-27-22(24)29-28-20/h3-8,11-12H,2,9-10H2,1H3,(H,25,30)(H3,24,27,28,29). The number of anilines is 1. The minimum absolute atomic E-state index is 0.235. The summed E-state index contributed by atoms with van der Waals surface area (Å²) < 4.78 is 19.1. The predicted octanol–water partition coefficient (Wildman–Crippen LogP) is 3.11. The van der Waals surface area contributed by atoms with Crippen LogP contribution in [0.3, 0.4) is 0 Å². The van der Waals surface area contributed by atoms with E-state index in [2.05, 4.69) is 25.5 Å². The molecular weight excluding hydrogens is 399 g/mol. The Morgan fingerprint density at radius 3 is 2.68 bits per heavy atom. The zero-order valence-electron chi connectivity index (χ0n) is 16.9. The first-order chi connectivity index (χ1) is 15.0. The molecule has 9 heteroatoms. The fourth-order valence-electron chi connectivity index (χ4n) is 3.20. The highest BCUT2D eigenvalue weighted by Crippen LogP contribution is 2.31. The number of hydrogen-bond acceptors (Lipinski definition) is 6. The lowest BCUT2D eigenvalue weighted by Gasteiger charge is -2.12. The largest absolute Gasteiger partial charge is 0.493 e. The topological polar surface area (TPSA) is 119 Å². The monoisotopic (exact) mass is 420 g/mol. The molecule has 4 aromatic rings. The molecule has 0 saturated carbocycles. The van der Waals surface area contributed by atoms with E-state index < -0.39 is 0 Å². The van der Waals surface area contributed by atoms with Crippen molar-refractivity contribution in [3.8, 4) is 17.0 Å². The number of benzene rings is 2. The Balaban J connectivity index is 1.60. The second kappa shape index (κ2) is 8.78. The Morgan fingerprint density at radius 1 is 1.16 bits per heavy atom. The van der Waals surface area contributed by atoms with Crippen molar-refractivity contribution in [1.82, 2.24) is 25.5 Å². The van der Waals surface area contributed by atoms with Gasteiger partial charge in [-0.2, -0.15) is 0 Å². The van der Waals surface area contributed by atoms with Gasteiger partial charge in [0.15, 0.2) is 0 Å². The number of H-pyrrole nitrogens is 1. The normalized spacial score (nSPS) is 10.9. The molecule has 2 aromatic heterocycles. The van der Waals surface area contributed by atoms with E-state index in [1.165, 1.54) is 12.1 Å². The van der Waals surface area contributed by atoms with Crippen LogP contribution < -0.4 is 15.8 Å². The number of carbonyl (C=O) groups excluding carboxylic acids is 1. The van der Waals surface area contributed by atoms with E-state index in [1.807, 2.05) is 19.1 Å². The summed E-state index contributed by atoms with van der Waals surface area (Å²) in [5.74, 6) is 0.942. The second-order valence-electron chi connectivity index (χ2n) is 6.84. The van der Waals surface area contributed by atoms with Crippen LogP contribution in [0.15, 0.2) is 48.5 Å². The SMILES string of the molecule is CCOc1cc(-c2ccc(F)cc2)nc2cc(C(=O)NCCc3nnc(N)[nH]3)ccc12. The molecule has 31 heavy (non-hydrogen) atoms. The maximum atomic E-state index is 13.3. The molecular formula is C22H21FN6O2. The second-order valence-corrected chi connectivity index (χ2v) is 6.84. The maximum absolute atomic E-state index is 13.3. The molecule has 0 fully saturated rings. The highest BCUT2D eigenvalue weighted by Gasteiger charge is 2.13. The highest BCUT2D eigenvalue weighted by molar-refractivity contribution is 5.99. The summed E-state index contributed by atoms with van der Waals surface area (Å²) in [6.07, 6.45) is 0.477. The Morgan fingerprint density at radius 2 is 1.97 bits per heavy atom. The zero-order chi connectivity index (χ0) is 21.8. The lowest BCUT2D eigenvalue weighted by molar-refractivity contribution is 0.0954. The Hall–Kier alpha value is -4.01. The summed E-state index contributed by atoms with van der Waals surface area (Å²) in [6.45, 7) is 2.75. The third-order valence-electron chi connectivity index (χ3n) is 4.67. The van der Waals surface area contributed by atoms with Crippen LogP contribution in [0.4, 0.5) is 10.3 Å². The van der Waals surface area contributed by atoms with Gasteiger partial charge in [0.1, 0.15) is 17.4 Å². The maximum Gasteiger partial charge on any atom is 0.251 e. The number of aromatic nitrogens is 4. The molecule has 4 rings (SSSR count). The van der Waals surface area contributed by atoms with Gasteiger partial charge in [-0.25, -0.2) is 9.37 Å². The molecule has 1 amide bonds. The van der Waals surface area contributed by atoms with Crippen LogP contribution >= 0.6 is 0 Å². The van der Waals surface area contributed by atoms with Gasteiger partial charge in [-0.15, -0.1) is 10.2 Å². The van der Waals surface area contributed by atoms with Crippen molar-refractivity contribution >= 4 is 22.8 Å². The van der Waals surface area contributed by atoms with E-state index in [0.29, 0.717) is 47.9 Å². The summed E-state index contributed by atoms with van der Waals surface area (Å²) in [5, 5.41) is 11.2. The number of amides is 1. The van der Waals surface area contributed by atoms with Gasteiger partial charge in [-0.3, -0.25) is 4.79 Å². The number of pyridine rings is 1. The summed E-state index contributed by atoms with van der Waals surface area (Å²) >= 11 is 0. The number of fused-ring (bicyclic) bond motifs is 1. The summed E-state index contributed by atoms with van der Waals surface area (Å²) in [6, 6.07) is 13.2. The number of nitrogens with two attached hydrogens (primary N) is 1. The molecule has 0 aliphatic rings. The van der Waals surface area contributed by atoms with Gasteiger partial charge in [0, 0.05) is 35.5 Å². The van der Waals surface area contributed by atoms with Crippen molar-refractivity contribution in [2.75, 3.05) is 18.9 Å². The van der Waals surface area contributed by atoms with Gasteiger partial charge in [-0.1, -0.05) is 0 Å². The average Bonchev–Trinajstić information content (AvgIpc) is 3.18. The van der Waals surface area contributed by atoms with Crippen LogP contribution in [0.25, 0.3) is 22.2 Å². The number of carbonyl (C=O) groups is 1. The van der Waals surface area contributed by atoms with Crippen molar-refractivity contribution in [2.45, 2.75) is 13.3 Å².